The molecule has 1 atom stereocenters. The molecule has 0 saturated heterocycles. The van der Waals surface area contributed by atoms with E-state index in [1.165, 1.54) is 11.8 Å². The van der Waals surface area contributed by atoms with Crippen LogP contribution in [0, 0.1) is 0 Å². The molecule has 176 valence electrons. The van der Waals surface area contributed by atoms with Crippen LogP contribution in [-0.4, -0.2) is 20.7 Å². The number of benzene rings is 3. The summed E-state index contributed by atoms with van der Waals surface area (Å²) >= 11 is 13.7. The van der Waals surface area contributed by atoms with E-state index in [1.54, 1.807) is 4.68 Å². The molecular formula is C26H21Cl2N5OS. The molecule has 0 radical (unpaired) electrons. The van der Waals surface area contributed by atoms with Gasteiger partial charge in [-0.3, -0.25) is 4.79 Å². The quantitative estimate of drug-likeness (QED) is 0.273. The van der Waals surface area contributed by atoms with Gasteiger partial charge >= 0.3 is 0 Å². The van der Waals surface area contributed by atoms with Gasteiger partial charge in [-0.2, -0.15) is 4.98 Å². The number of aromatic nitrogens is 3. The summed E-state index contributed by atoms with van der Waals surface area (Å²) in [6.07, 6.45) is 0. The average molecular weight is 522 g/mol. The monoisotopic (exact) mass is 521 g/mol. The predicted molar refractivity (Wildman–Crippen MR) is 142 cm³/mol. The summed E-state index contributed by atoms with van der Waals surface area (Å²) in [5, 5.41) is 13.0. The Bertz CT molecular complexity index is 1390. The molecule has 35 heavy (non-hydrogen) atoms. The van der Waals surface area contributed by atoms with E-state index in [2.05, 4.69) is 10.6 Å². The van der Waals surface area contributed by atoms with E-state index in [-0.39, 0.29) is 5.91 Å². The summed E-state index contributed by atoms with van der Waals surface area (Å²) in [5.74, 6) is 1.06. The van der Waals surface area contributed by atoms with Gasteiger partial charge in [0, 0.05) is 27.2 Å². The largest absolute Gasteiger partial charge is 0.328 e. The van der Waals surface area contributed by atoms with E-state index < -0.39 is 6.04 Å². The highest BCUT2D eigenvalue weighted by molar-refractivity contribution is 7.98. The van der Waals surface area contributed by atoms with Crippen molar-refractivity contribution in [3.63, 3.8) is 0 Å². The maximum Gasteiger partial charge on any atom is 0.255 e. The lowest BCUT2D eigenvalue weighted by Gasteiger charge is -2.28. The van der Waals surface area contributed by atoms with Crippen molar-refractivity contribution < 1.29 is 4.79 Å². The third-order valence-corrected chi connectivity index (χ3v) is 6.99. The number of nitrogens with one attached hydrogen (secondary N) is 2. The van der Waals surface area contributed by atoms with Crippen molar-refractivity contribution in [2.75, 3.05) is 10.6 Å². The fourth-order valence-corrected chi connectivity index (χ4v) is 4.93. The molecular weight excluding hydrogens is 501 g/mol. The number of allylic oxidation sites excluding steroid dienone is 1. The topological polar surface area (TPSA) is 71.8 Å². The molecule has 5 rings (SSSR count). The van der Waals surface area contributed by atoms with Gasteiger partial charge in [-0.15, -0.1) is 5.10 Å². The van der Waals surface area contributed by atoms with Crippen LogP contribution in [0.2, 0.25) is 10.0 Å². The van der Waals surface area contributed by atoms with Gasteiger partial charge in [0.15, 0.2) is 0 Å². The number of thioether (sulfide) groups is 1. The highest BCUT2D eigenvalue weighted by Gasteiger charge is 2.34. The summed E-state index contributed by atoms with van der Waals surface area (Å²) in [6, 6.07) is 24.1. The second-order valence-electron chi connectivity index (χ2n) is 8.02. The van der Waals surface area contributed by atoms with Gasteiger partial charge in [-0.1, -0.05) is 77.4 Å². The Labute approximate surface area is 217 Å². The summed E-state index contributed by atoms with van der Waals surface area (Å²) in [6.45, 7) is 1.88. The lowest BCUT2D eigenvalue weighted by molar-refractivity contribution is -0.113. The average Bonchev–Trinajstić information content (AvgIpc) is 3.26. The fourth-order valence-electron chi connectivity index (χ4n) is 3.89. The SMILES string of the molecule is CC1=C(C(=O)Nc2ccccc2)[C@H](c2ccc(Cl)cc2)n2nc(SCc3ccc(Cl)cc3)nc2N1. The van der Waals surface area contributed by atoms with Gasteiger partial charge in [0.2, 0.25) is 11.1 Å². The molecule has 0 unspecified atom stereocenters. The number of amides is 1. The van der Waals surface area contributed by atoms with Crippen LogP contribution in [0.3, 0.4) is 0 Å². The summed E-state index contributed by atoms with van der Waals surface area (Å²) in [7, 11) is 0. The number of hydrogen-bond donors (Lipinski definition) is 2. The van der Waals surface area contributed by atoms with Gasteiger partial charge in [0.1, 0.15) is 6.04 Å². The summed E-state index contributed by atoms with van der Waals surface area (Å²) in [5.41, 5.74) is 3.99. The second-order valence-corrected chi connectivity index (χ2v) is 9.83. The lowest BCUT2D eigenvalue weighted by atomic mass is 9.95. The molecule has 3 aromatic carbocycles. The van der Waals surface area contributed by atoms with Crippen LogP contribution >= 0.6 is 35.0 Å². The molecule has 2 heterocycles. The second kappa shape index (κ2) is 10.2. The molecule has 6 nitrogen and oxygen atoms in total. The van der Waals surface area contributed by atoms with E-state index in [4.69, 9.17) is 33.3 Å². The molecule has 1 aliphatic rings. The smallest absolute Gasteiger partial charge is 0.255 e. The predicted octanol–water partition coefficient (Wildman–Crippen LogP) is 6.80. The van der Waals surface area contributed by atoms with Crippen molar-refractivity contribution in [3.8, 4) is 0 Å². The zero-order valence-corrected chi connectivity index (χ0v) is 21.0. The van der Waals surface area contributed by atoms with Crippen molar-refractivity contribution in [1.82, 2.24) is 14.8 Å². The van der Waals surface area contributed by atoms with Crippen molar-refractivity contribution in [2.24, 2.45) is 0 Å². The van der Waals surface area contributed by atoms with Crippen LogP contribution < -0.4 is 10.6 Å². The van der Waals surface area contributed by atoms with Crippen molar-refractivity contribution in [1.29, 1.82) is 0 Å². The number of anilines is 2. The zero-order valence-electron chi connectivity index (χ0n) is 18.7. The lowest BCUT2D eigenvalue weighted by Crippen LogP contribution is -2.31. The van der Waals surface area contributed by atoms with Crippen molar-refractivity contribution >= 4 is 52.5 Å². The van der Waals surface area contributed by atoms with Gasteiger partial charge in [0.05, 0.1) is 5.57 Å². The molecule has 0 saturated carbocycles. The maximum atomic E-state index is 13.5. The van der Waals surface area contributed by atoms with E-state index in [9.17, 15) is 4.79 Å². The maximum absolute atomic E-state index is 13.5. The highest BCUT2D eigenvalue weighted by atomic mass is 35.5. The molecule has 9 heteroatoms. The Hall–Kier alpha value is -3.26. The van der Waals surface area contributed by atoms with Crippen LogP contribution in [0.1, 0.15) is 24.1 Å². The minimum Gasteiger partial charge on any atom is -0.328 e. The van der Waals surface area contributed by atoms with Gasteiger partial charge < -0.3 is 10.6 Å². The number of nitrogens with zero attached hydrogens (tertiary/aromatic N) is 3. The summed E-state index contributed by atoms with van der Waals surface area (Å²) in [4.78, 5) is 18.2. The van der Waals surface area contributed by atoms with Crippen LogP contribution in [0.4, 0.5) is 11.6 Å². The Morgan fingerprint density at radius 1 is 1.00 bits per heavy atom. The van der Waals surface area contributed by atoms with Gasteiger partial charge in [-0.05, 0) is 54.4 Å². The van der Waals surface area contributed by atoms with E-state index in [1.807, 2.05) is 85.8 Å². The van der Waals surface area contributed by atoms with Crippen LogP contribution in [-0.2, 0) is 10.5 Å². The molecule has 2 N–H and O–H groups in total. The number of hydrogen-bond acceptors (Lipinski definition) is 5. The molecule has 0 spiro atoms. The normalized spacial score (nSPS) is 14.9. The molecule has 0 fully saturated rings. The number of rotatable bonds is 6. The van der Waals surface area contributed by atoms with E-state index >= 15 is 0 Å². The molecule has 1 amide bonds. The third-order valence-electron chi connectivity index (χ3n) is 5.58. The first-order chi connectivity index (χ1) is 17.0. The number of para-hydroxylation sites is 1. The minimum absolute atomic E-state index is 0.210. The zero-order chi connectivity index (χ0) is 24.4. The number of halogens is 2. The van der Waals surface area contributed by atoms with E-state index in [0.29, 0.717) is 38.2 Å². The first kappa shape index (κ1) is 23.5. The molecule has 0 aliphatic carbocycles. The number of carbonyl (C=O) groups is 1. The number of fused-ring (bicyclic) bond motifs is 1. The van der Waals surface area contributed by atoms with E-state index in [0.717, 1.165) is 16.8 Å². The number of carbonyl (C=O) groups excluding carboxylic acids is 1. The first-order valence-electron chi connectivity index (χ1n) is 10.9. The van der Waals surface area contributed by atoms with Crippen LogP contribution in [0.5, 0.6) is 0 Å². The van der Waals surface area contributed by atoms with Crippen molar-refractivity contribution in [3.05, 3.63) is 111 Å². The van der Waals surface area contributed by atoms with Crippen molar-refractivity contribution in [2.45, 2.75) is 23.9 Å². The van der Waals surface area contributed by atoms with Gasteiger partial charge in [-0.25, -0.2) is 4.68 Å². The molecule has 0 bridgehead atoms. The van der Waals surface area contributed by atoms with Crippen LogP contribution in [0.15, 0.2) is 95.3 Å². The summed E-state index contributed by atoms with van der Waals surface area (Å²) < 4.78 is 1.76. The molecule has 4 aromatic rings. The Morgan fingerprint density at radius 2 is 1.66 bits per heavy atom. The van der Waals surface area contributed by atoms with Crippen LogP contribution in [0.25, 0.3) is 0 Å². The third kappa shape index (κ3) is 5.22. The highest BCUT2D eigenvalue weighted by Crippen LogP contribution is 2.37. The first-order valence-corrected chi connectivity index (χ1v) is 12.7. The Kier molecular flexibility index (Phi) is 6.81. The molecule has 1 aliphatic heterocycles. The Morgan fingerprint density at radius 3 is 2.34 bits per heavy atom. The van der Waals surface area contributed by atoms with Gasteiger partial charge in [0.25, 0.3) is 5.91 Å². The standard InChI is InChI=1S/C26H21Cl2N5OS/c1-16-22(24(34)30-21-5-3-2-4-6-21)23(18-9-13-20(28)14-10-18)33-25(29-16)31-26(32-33)35-15-17-7-11-19(27)12-8-17/h2-14,23H,15H2,1H3,(H,30,34)(H,29,31,32)/t23-/m0/s1. The fraction of sp³-hybridized carbons (Fsp3) is 0.115. The minimum atomic E-state index is -0.468. The molecule has 1 aromatic heterocycles. The Balaban J connectivity index is 1.48.